The molecule has 0 aliphatic heterocycles. The lowest BCUT2D eigenvalue weighted by atomic mass is 10.2. The average molecular weight is 297 g/mol. The van der Waals surface area contributed by atoms with E-state index in [2.05, 4.69) is 20.6 Å². The van der Waals surface area contributed by atoms with E-state index in [-0.39, 0.29) is 11.5 Å². The third-order valence-electron chi connectivity index (χ3n) is 2.35. The fourth-order valence-electron chi connectivity index (χ4n) is 1.48. The molecule has 0 saturated carbocycles. The van der Waals surface area contributed by atoms with Gasteiger partial charge in [-0.25, -0.2) is 19.2 Å². The molecule has 0 saturated heterocycles. The van der Waals surface area contributed by atoms with E-state index in [4.69, 9.17) is 16.7 Å². The minimum Gasteiger partial charge on any atom is -0.465 e. The van der Waals surface area contributed by atoms with Crippen molar-refractivity contribution in [2.75, 3.05) is 10.6 Å². The zero-order chi connectivity index (χ0) is 14.5. The van der Waals surface area contributed by atoms with Gasteiger partial charge in [-0.2, -0.15) is 0 Å². The maximum absolute atomic E-state index is 13.2. The monoisotopic (exact) mass is 296 g/mol. The van der Waals surface area contributed by atoms with Crippen molar-refractivity contribution in [3.05, 3.63) is 47.1 Å². The van der Waals surface area contributed by atoms with Gasteiger partial charge in [-0.3, -0.25) is 5.32 Å². The van der Waals surface area contributed by atoms with Crippen LogP contribution in [0.15, 0.2) is 30.6 Å². The quantitative estimate of drug-likeness (QED) is 0.755. The van der Waals surface area contributed by atoms with E-state index in [1.807, 2.05) is 0 Å². The summed E-state index contributed by atoms with van der Waals surface area (Å²) in [6, 6.07) is 4.53. The molecule has 0 atom stereocenters. The van der Waals surface area contributed by atoms with Gasteiger partial charge in [0.05, 0.1) is 11.9 Å². The number of rotatable bonds is 4. The number of carbonyl (C=O) groups is 1. The van der Waals surface area contributed by atoms with Crippen LogP contribution in [0, 0.1) is 5.82 Å². The highest BCUT2D eigenvalue weighted by molar-refractivity contribution is 6.29. The zero-order valence-corrected chi connectivity index (χ0v) is 10.9. The first-order valence-corrected chi connectivity index (χ1v) is 5.92. The molecule has 2 aromatic rings. The molecule has 0 bridgehead atoms. The molecule has 0 aromatic carbocycles. The number of halogens is 2. The fraction of sp³-hybridized carbons (Fsp3) is 0.0833. The van der Waals surface area contributed by atoms with E-state index in [1.54, 1.807) is 18.3 Å². The van der Waals surface area contributed by atoms with Gasteiger partial charge in [0.2, 0.25) is 0 Å². The van der Waals surface area contributed by atoms with E-state index in [0.29, 0.717) is 11.7 Å². The topological polar surface area (TPSA) is 87.1 Å². The number of aromatic nitrogens is 2. The van der Waals surface area contributed by atoms with Crippen molar-refractivity contribution in [2.45, 2.75) is 6.54 Å². The van der Waals surface area contributed by atoms with Crippen LogP contribution < -0.4 is 10.6 Å². The number of nitrogens with zero attached hydrogens (tertiary/aromatic N) is 2. The standard InChI is InChI=1S/C12H10ClFN4O2/c13-10-2-1-7(5-16-10)4-15-9-3-8(14)6-17-11(9)18-12(19)20/h1-3,5-6,15H,4H2,(H,17,18)(H,19,20). The van der Waals surface area contributed by atoms with E-state index < -0.39 is 11.9 Å². The Morgan fingerprint density at radius 2 is 2.15 bits per heavy atom. The van der Waals surface area contributed by atoms with Crippen LogP contribution in [-0.2, 0) is 6.54 Å². The van der Waals surface area contributed by atoms with E-state index in [9.17, 15) is 9.18 Å². The Labute approximate surface area is 118 Å². The van der Waals surface area contributed by atoms with Crippen LogP contribution in [0.2, 0.25) is 5.15 Å². The largest absolute Gasteiger partial charge is 0.465 e. The van der Waals surface area contributed by atoms with E-state index >= 15 is 0 Å². The number of anilines is 2. The first-order chi connectivity index (χ1) is 9.54. The molecule has 8 heteroatoms. The van der Waals surface area contributed by atoms with Crippen molar-refractivity contribution in [1.82, 2.24) is 9.97 Å². The Hall–Kier alpha value is -2.41. The summed E-state index contributed by atoms with van der Waals surface area (Å²) in [5.41, 5.74) is 1.04. The smallest absolute Gasteiger partial charge is 0.410 e. The summed E-state index contributed by atoms with van der Waals surface area (Å²) in [6.07, 6.45) is 1.22. The molecule has 2 rings (SSSR count). The molecule has 2 heterocycles. The molecule has 104 valence electrons. The second kappa shape index (κ2) is 6.16. The minimum absolute atomic E-state index is 0.0285. The molecule has 3 N–H and O–H groups in total. The molecule has 6 nitrogen and oxygen atoms in total. The Bertz CT molecular complexity index is 621. The summed E-state index contributed by atoms with van der Waals surface area (Å²) < 4.78 is 13.2. The summed E-state index contributed by atoms with van der Waals surface area (Å²) in [7, 11) is 0. The molecular weight excluding hydrogens is 287 g/mol. The SMILES string of the molecule is O=C(O)Nc1ncc(F)cc1NCc1ccc(Cl)nc1. The zero-order valence-electron chi connectivity index (χ0n) is 10.1. The van der Waals surface area contributed by atoms with Gasteiger partial charge in [-0.05, 0) is 11.6 Å². The van der Waals surface area contributed by atoms with Crippen molar-refractivity contribution >= 4 is 29.2 Å². The Morgan fingerprint density at radius 1 is 1.35 bits per heavy atom. The van der Waals surface area contributed by atoms with E-state index in [0.717, 1.165) is 17.8 Å². The minimum atomic E-state index is -1.28. The molecule has 1 amide bonds. The molecule has 0 aliphatic carbocycles. The van der Waals surface area contributed by atoms with Crippen molar-refractivity contribution in [2.24, 2.45) is 0 Å². The second-order valence-electron chi connectivity index (χ2n) is 3.82. The fourth-order valence-corrected chi connectivity index (χ4v) is 1.60. The predicted molar refractivity (Wildman–Crippen MR) is 72.4 cm³/mol. The number of hydrogen-bond acceptors (Lipinski definition) is 4. The molecule has 2 aromatic heterocycles. The van der Waals surface area contributed by atoms with Crippen molar-refractivity contribution in [3.8, 4) is 0 Å². The second-order valence-corrected chi connectivity index (χ2v) is 4.21. The first kappa shape index (κ1) is 14.0. The lowest BCUT2D eigenvalue weighted by Gasteiger charge is -2.10. The lowest BCUT2D eigenvalue weighted by molar-refractivity contribution is 0.209. The number of amides is 1. The molecular formula is C12H10ClFN4O2. The summed E-state index contributed by atoms with van der Waals surface area (Å²) in [4.78, 5) is 18.2. The molecule has 0 unspecified atom stereocenters. The highest BCUT2D eigenvalue weighted by Gasteiger charge is 2.08. The van der Waals surface area contributed by atoms with Crippen LogP contribution in [0.5, 0.6) is 0 Å². The summed E-state index contributed by atoms with van der Waals surface area (Å²) in [6.45, 7) is 0.323. The van der Waals surface area contributed by atoms with Crippen molar-refractivity contribution in [3.63, 3.8) is 0 Å². The third kappa shape index (κ3) is 3.79. The van der Waals surface area contributed by atoms with Crippen LogP contribution in [0.3, 0.4) is 0 Å². The predicted octanol–water partition coefficient (Wildman–Crippen LogP) is 2.97. The molecule has 0 fully saturated rings. The van der Waals surface area contributed by atoms with Gasteiger partial charge in [0.15, 0.2) is 5.82 Å². The normalized spacial score (nSPS) is 10.1. The van der Waals surface area contributed by atoms with E-state index in [1.165, 1.54) is 0 Å². The maximum Gasteiger partial charge on any atom is 0.410 e. The van der Waals surface area contributed by atoms with Gasteiger partial charge in [-0.15, -0.1) is 0 Å². The van der Waals surface area contributed by atoms with Crippen LogP contribution in [-0.4, -0.2) is 21.2 Å². The summed E-state index contributed by atoms with van der Waals surface area (Å²) in [5, 5.41) is 14.0. The van der Waals surface area contributed by atoms with Crippen molar-refractivity contribution in [1.29, 1.82) is 0 Å². The molecule has 0 radical (unpaired) electrons. The van der Waals surface area contributed by atoms with Crippen LogP contribution in [0.4, 0.5) is 20.7 Å². The lowest BCUT2D eigenvalue weighted by Crippen LogP contribution is -2.12. The van der Waals surface area contributed by atoms with Gasteiger partial charge in [0.25, 0.3) is 0 Å². The van der Waals surface area contributed by atoms with Gasteiger partial charge in [0.1, 0.15) is 11.0 Å². The van der Waals surface area contributed by atoms with Gasteiger partial charge in [-0.1, -0.05) is 17.7 Å². The summed E-state index contributed by atoms with van der Waals surface area (Å²) in [5.74, 6) is -0.543. The highest BCUT2D eigenvalue weighted by atomic mass is 35.5. The maximum atomic E-state index is 13.2. The van der Waals surface area contributed by atoms with Crippen LogP contribution >= 0.6 is 11.6 Å². The molecule has 20 heavy (non-hydrogen) atoms. The van der Waals surface area contributed by atoms with Crippen LogP contribution in [0.25, 0.3) is 0 Å². The number of hydrogen-bond donors (Lipinski definition) is 3. The van der Waals surface area contributed by atoms with Gasteiger partial charge in [0, 0.05) is 18.8 Å². The van der Waals surface area contributed by atoms with Crippen LogP contribution in [0.1, 0.15) is 5.56 Å². The first-order valence-electron chi connectivity index (χ1n) is 5.54. The highest BCUT2D eigenvalue weighted by Crippen LogP contribution is 2.20. The third-order valence-corrected chi connectivity index (χ3v) is 2.57. The molecule has 0 aliphatic rings. The summed E-state index contributed by atoms with van der Waals surface area (Å²) >= 11 is 5.67. The number of pyridine rings is 2. The van der Waals surface area contributed by atoms with Gasteiger partial charge < -0.3 is 10.4 Å². The Balaban J connectivity index is 2.13. The average Bonchev–Trinajstić information content (AvgIpc) is 2.40. The van der Waals surface area contributed by atoms with Gasteiger partial charge >= 0.3 is 6.09 Å². The number of nitrogens with one attached hydrogen (secondary N) is 2. The Morgan fingerprint density at radius 3 is 2.80 bits per heavy atom. The van der Waals surface area contributed by atoms with Crippen molar-refractivity contribution < 1.29 is 14.3 Å². The number of carboxylic acid groups (broad SMARTS) is 1. The Kier molecular flexibility index (Phi) is 4.31. The molecule has 0 spiro atoms.